The zero-order chi connectivity index (χ0) is 37.8. The number of ether oxygens (including phenoxy) is 2. The number of phosphoric ester groups is 1. The molecule has 10 nitrogen and oxygen atoms in total. The van der Waals surface area contributed by atoms with Gasteiger partial charge in [0.1, 0.15) is 19.8 Å². The maximum absolute atomic E-state index is 12.5. The van der Waals surface area contributed by atoms with Crippen molar-refractivity contribution in [1.82, 2.24) is 0 Å². The van der Waals surface area contributed by atoms with Crippen LogP contribution in [-0.2, 0) is 32.7 Å². The lowest BCUT2D eigenvalue weighted by molar-refractivity contribution is -0.870. The number of rotatable bonds is 22. The lowest BCUT2D eigenvalue weighted by Crippen LogP contribution is -2.37. The molecule has 1 saturated carbocycles. The third-order valence-corrected chi connectivity index (χ3v) is 11.2. The van der Waals surface area contributed by atoms with Crippen LogP contribution in [0.2, 0.25) is 0 Å². The van der Waals surface area contributed by atoms with Gasteiger partial charge in [-0.15, -0.1) is 0 Å². The average molecular weight is 740 g/mol. The van der Waals surface area contributed by atoms with Gasteiger partial charge in [0, 0.05) is 24.2 Å². The summed E-state index contributed by atoms with van der Waals surface area (Å²) >= 11 is 0. The Hall–Kier alpha value is -3.11. The van der Waals surface area contributed by atoms with Gasteiger partial charge in [-0.3, -0.25) is 14.2 Å². The van der Waals surface area contributed by atoms with Crippen molar-refractivity contribution >= 4 is 30.9 Å². The summed E-state index contributed by atoms with van der Waals surface area (Å²) in [5.41, 5.74) is 5.93. The Labute approximate surface area is 310 Å². The van der Waals surface area contributed by atoms with Gasteiger partial charge in [-0.2, -0.15) is 0 Å². The number of benzene rings is 2. The van der Waals surface area contributed by atoms with Gasteiger partial charge in [0.2, 0.25) is 0 Å². The fourth-order valence-corrected chi connectivity index (χ4v) is 8.26. The Kier molecular flexibility index (Phi) is 15.4. The number of hydrogen-bond donors (Lipinski definition) is 1. The van der Waals surface area contributed by atoms with Crippen LogP contribution in [0.1, 0.15) is 88.7 Å². The van der Waals surface area contributed by atoms with Crippen molar-refractivity contribution in [3.8, 4) is 0 Å². The fraction of sp³-hybridized carbons (Fsp3) is 0.561. The lowest BCUT2D eigenvalue weighted by Gasteiger charge is -2.37. The highest BCUT2D eigenvalue weighted by molar-refractivity contribution is 7.45. The summed E-state index contributed by atoms with van der Waals surface area (Å²) in [7, 11) is 1.09. The molecule has 0 spiro atoms. The van der Waals surface area contributed by atoms with E-state index < -0.39 is 32.5 Å². The average Bonchev–Trinajstić information content (AvgIpc) is 3.62. The first kappa shape index (κ1) is 41.6. The van der Waals surface area contributed by atoms with Gasteiger partial charge in [-0.25, -0.2) is 0 Å². The number of carbonyl (C=O) groups excluding carboxylic acids is 2. The first-order valence-electron chi connectivity index (χ1n) is 18.7. The maximum atomic E-state index is 12.5. The maximum Gasteiger partial charge on any atom is 0.305 e. The topological polar surface area (TPSA) is 131 Å². The molecule has 4 rings (SSSR count). The largest absolute Gasteiger partial charge is 0.756 e. The molecule has 2 aromatic carbocycles. The zero-order valence-corrected chi connectivity index (χ0v) is 32.3. The highest BCUT2D eigenvalue weighted by Crippen LogP contribution is 2.66. The van der Waals surface area contributed by atoms with Crippen LogP contribution in [0.4, 0.5) is 0 Å². The third-order valence-electron chi connectivity index (χ3n) is 10.2. The van der Waals surface area contributed by atoms with E-state index in [-0.39, 0.29) is 43.5 Å². The van der Waals surface area contributed by atoms with E-state index in [2.05, 4.69) is 55.1 Å². The second-order valence-electron chi connectivity index (χ2n) is 15.1. The Morgan fingerprint density at radius 1 is 0.962 bits per heavy atom. The molecule has 0 amide bonds. The van der Waals surface area contributed by atoms with E-state index in [0.717, 1.165) is 62.5 Å². The van der Waals surface area contributed by atoms with Gasteiger partial charge in [-0.05, 0) is 60.8 Å². The molecule has 11 heteroatoms. The highest BCUT2D eigenvalue weighted by Gasteiger charge is 2.56. The van der Waals surface area contributed by atoms with E-state index >= 15 is 0 Å². The molecular weight excluding hydrogens is 681 g/mol. The van der Waals surface area contributed by atoms with Crippen LogP contribution in [0, 0.1) is 11.3 Å². The quantitative estimate of drug-likeness (QED) is 0.0581. The van der Waals surface area contributed by atoms with Crippen LogP contribution in [-0.4, -0.2) is 81.2 Å². The summed E-state index contributed by atoms with van der Waals surface area (Å²) in [5, 5.41) is 11.2. The number of allylic oxidation sites excluding steroid dienone is 3. The molecule has 0 heterocycles. The second-order valence-corrected chi connectivity index (χ2v) is 16.5. The number of aliphatic hydroxyl groups excluding tert-OH is 1. The highest BCUT2D eigenvalue weighted by atomic mass is 31.2. The lowest BCUT2D eigenvalue weighted by atomic mass is 9.66. The Balaban J connectivity index is 1.25. The number of esters is 2. The standard InChI is InChI=1S/C41H58NO9P/c1-6-38(44)51-35(30-50-52(46,47)49-27-26-42(3,4)5)29-48-39(45)23-17-9-7-8-12-22-34-28-36-37(43)24-25-41(36,31(2)32-18-13-10-14-19-32)40(34)33-20-15-11-16-21-33/h10-11,13-16,18-21,35-37,43H,2,6-9,12,17,22-30H2,1,3-5H3/t35-,36?,37?,41?/m1/s1. The molecule has 2 aromatic rings. The minimum Gasteiger partial charge on any atom is -0.756 e. The number of nitrogens with zero attached hydrogens (tertiary/aromatic N) is 1. The Morgan fingerprint density at radius 2 is 1.62 bits per heavy atom. The minimum absolute atomic E-state index is 0.0541. The summed E-state index contributed by atoms with van der Waals surface area (Å²) in [4.78, 5) is 36.6. The van der Waals surface area contributed by atoms with Crippen molar-refractivity contribution in [2.45, 2.75) is 89.8 Å². The van der Waals surface area contributed by atoms with Gasteiger partial charge in [0.05, 0.1) is 33.9 Å². The summed E-state index contributed by atoms with van der Waals surface area (Å²) in [6.07, 6.45) is 6.84. The third kappa shape index (κ3) is 11.7. The van der Waals surface area contributed by atoms with Gasteiger partial charge in [0.15, 0.2) is 6.10 Å². The van der Waals surface area contributed by atoms with E-state index in [1.54, 1.807) is 6.92 Å². The minimum atomic E-state index is -4.63. The van der Waals surface area contributed by atoms with Crippen LogP contribution in [0.3, 0.4) is 0 Å². The monoisotopic (exact) mass is 739 g/mol. The predicted octanol–water partition coefficient (Wildman–Crippen LogP) is 7.12. The number of likely N-dealkylation sites (N-methyl/N-ethyl adjacent to an activating group) is 1. The van der Waals surface area contributed by atoms with Gasteiger partial charge < -0.3 is 33.0 Å². The Bertz CT molecular complexity index is 1550. The van der Waals surface area contributed by atoms with E-state index in [9.17, 15) is 24.2 Å². The molecule has 1 fully saturated rings. The number of fused-ring (bicyclic) bond motifs is 1. The number of hydrogen-bond acceptors (Lipinski definition) is 9. The molecule has 2 aliphatic carbocycles. The SMILES string of the molecule is C=C(c1ccccc1)C12CCC(O)C1CC(CCCCCCCC(=O)OC[C@H](COP(=O)([O-])OCC[N+](C)(C)C)OC(=O)CC)=C2c1ccccc1. The van der Waals surface area contributed by atoms with Crippen LogP contribution in [0.25, 0.3) is 11.1 Å². The van der Waals surface area contributed by atoms with Crippen molar-refractivity contribution in [3.63, 3.8) is 0 Å². The first-order chi connectivity index (χ1) is 24.8. The number of aliphatic hydroxyl groups is 1. The van der Waals surface area contributed by atoms with Gasteiger partial charge in [-0.1, -0.05) is 99.0 Å². The molecule has 0 bridgehead atoms. The summed E-state index contributed by atoms with van der Waals surface area (Å²) in [6.45, 7) is 5.86. The molecule has 1 N–H and O–H groups in total. The molecule has 0 aromatic heterocycles. The number of carbonyl (C=O) groups is 2. The zero-order valence-electron chi connectivity index (χ0n) is 31.4. The van der Waals surface area contributed by atoms with Gasteiger partial charge in [0.25, 0.3) is 7.82 Å². The van der Waals surface area contributed by atoms with Crippen molar-refractivity contribution in [2.24, 2.45) is 11.3 Å². The molecule has 0 saturated heterocycles. The summed E-state index contributed by atoms with van der Waals surface area (Å²) < 4.78 is 33.1. The fourth-order valence-electron chi connectivity index (χ4n) is 7.53. The molecule has 5 atom stereocenters. The van der Waals surface area contributed by atoms with Crippen molar-refractivity contribution in [3.05, 3.63) is 83.9 Å². The smallest absolute Gasteiger partial charge is 0.305 e. The molecule has 0 aliphatic heterocycles. The number of phosphoric acid groups is 1. The van der Waals surface area contributed by atoms with E-state index in [1.165, 1.54) is 16.7 Å². The molecule has 4 unspecified atom stereocenters. The van der Waals surface area contributed by atoms with E-state index in [0.29, 0.717) is 17.4 Å². The molecular formula is C41H58NO9P. The van der Waals surface area contributed by atoms with E-state index in [4.69, 9.17) is 18.5 Å². The number of unbranched alkanes of at least 4 members (excludes halogenated alkanes) is 4. The predicted molar refractivity (Wildman–Crippen MR) is 200 cm³/mol. The molecule has 0 radical (unpaired) electrons. The molecule has 286 valence electrons. The summed E-state index contributed by atoms with van der Waals surface area (Å²) in [5.74, 6) is -0.889. The van der Waals surface area contributed by atoms with Crippen LogP contribution >= 0.6 is 7.82 Å². The van der Waals surface area contributed by atoms with Crippen molar-refractivity contribution < 1.29 is 47.2 Å². The van der Waals surface area contributed by atoms with E-state index in [1.807, 2.05) is 33.3 Å². The Morgan fingerprint density at radius 3 is 2.29 bits per heavy atom. The second kappa shape index (κ2) is 19.3. The normalized spacial score (nSPS) is 21.7. The first-order valence-corrected chi connectivity index (χ1v) is 20.2. The van der Waals surface area contributed by atoms with Gasteiger partial charge >= 0.3 is 11.9 Å². The van der Waals surface area contributed by atoms with Crippen LogP contribution in [0.15, 0.2) is 72.8 Å². The molecule has 52 heavy (non-hydrogen) atoms. The van der Waals surface area contributed by atoms with Crippen LogP contribution in [0.5, 0.6) is 0 Å². The summed E-state index contributed by atoms with van der Waals surface area (Å²) in [6, 6.07) is 21.0. The number of quaternary nitrogens is 1. The molecule has 2 aliphatic rings. The van der Waals surface area contributed by atoms with Crippen LogP contribution < -0.4 is 4.89 Å². The van der Waals surface area contributed by atoms with Crippen molar-refractivity contribution in [2.75, 3.05) is 47.5 Å². The van der Waals surface area contributed by atoms with Crippen molar-refractivity contribution in [1.29, 1.82) is 0 Å².